The van der Waals surface area contributed by atoms with Gasteiger partial charge in [0, 0.05) is 60.4 Å². The molecule has 8 nitrogen and oxygen atoms in total. The van der Waals surface area contributed by atoms with Crippen molar-refractivity contribution >= 4 is 34.1 Å². The number of halogens is 1. The highest BCUT2D eigenvalue weighted by Gasteiger charge is 2.25. The minimum absolute atomic E-state index is 0.118. The topological polar surface area (TPSA) is 99.3 Å². The van der Waals surface area contributed by atoms with E-state index in [1.165, 1.54) is 12.1 Å². The van der Waals surface area contributed by atoms with Crippen LogP contribution in [0.5, 0.6) is 0 Å². The van der Waals surface area contributed by atoms with Crippen LogP contribution in [0.1, 0.15) is 15.9 Å². The van der Waals surface area contributed by atoms with Gasteiger partial charge >= 0.3 is 0 Å². The molecule has 2 amide bonds. The summed E-state index contributed by atoms with van der Waals surface area (Å²) in [6.07, 6.45) is 5.17. The summed E-state index contributed by atoms with van der Waals surface area (Å²) in [6.45, 7) is 2.47. The van der Waals surface area contributed by atoms with E-state index < -0.39 is 23.7 Å². The van der Waals surface area contributed by atoms with Gasteiger partial charge in [0.05, 0.1) is 18.8 Å². The Balaban J connectivity index is 1.37. The Morgan fingerprint density at radius 2 is 1.86 bits per heavy atom. The second kappa shape index (κ2) is 10.6. The Bertz CT molecular complexity index is 1370. The van der Waals surface area contributed by atoms with E-state index in [4.69, 9.17) is 4.74 Å². The molecule has 1 aliphatic heterocycles. The summed E-state index contributed by atoms with van der Waals surface area (Å²) in [6, 6.07) is 14.6. The van der Waals surface area contributed by atoms with Crippen LogP contribution in [0.3, 0.4) is 0 Å². The van der Waals surface area contributed by atoms with Gasteiger partial charge in [-0.15, -0.1) is 0 Å². The van der Waals surface area contributed by atoms with Crippen LogP contribution >= 0.6 is 0 Å². The van der Waals surface area contributed by atoms with Crippen LogP contribution < -0.4 is 15.5 Å². The second-order valence-corrected chi connectivity index (χ2v) is 8.58. The molecule has 0 bridgehead atoms. The zero-order chi connectivity index (χ0) is 24.9. The van der Waals surface area contributed by atoms with E-state index in [1.807, 2.05) is 35.4 Å². The number of anilines is 2. The highest BCUT2D eigenvalue weighted by atomic mass is 19.1. The van der Waals surface area contributed by atoms with Gasteiger partial charge in [0.15, 0.2) is 0 Å². The smallest absolute Gasteiger partial charge is 0.254 e. The third-order valence-electron chi connectivity index (χ3n) is 6.24. The largest absolute Gasteiger partial charge is 0.378 e. The first-order valence-corrected chi connectivity index (χ1v) is 11.8. The molecule has 3 N–H and O–H groups in total. The molecular formula is C27H26FN5O3. The van der Waals surface area contributed by atoms with Crippen molar-refractivity contribution in [3.05, 3.63) is 90.1 Å². The van der Waals surface area contributed by atoms with Crippen molar-refractivity contribution in [2.24, 2.45) is 0 Å². The van der Waals surface area contributed by atoms with Gasteiger partial charge in [0.2, 0.25) is 5.91 Å². The number of H-pyrrole nitrogens is 1. The molecule has 184 valence electrons. The van der Waals surface area contributed by atoms with Gasteiger partial charge in [-0.05, 0) is 42.0 Å². The van der Waals surface area contributed by atoms with Crippen molar-refractivity contribution in [2.45, 2.75) is 12.5 Å². The van der Waals surface area contributed by atoms with Gasteiger partial charge < -0.3 is 25.3 Å². The zero-order valence-corrected chi connectivity index (χ0v) is 19.5. The summed E-state index contributed by atoms with van der Waals surface area (Å²) >= 11 is 0. The molecule has 0 radical (unpaired) electrons. The number of ether oxygens (including phenoxy) is 1. The number of pyridine rings is 1. The summed E-state index contributed by atoms with van der Waals surface area (Å²) in [4.78, 5) is 35.5. The van der Waals surface area contributed by atoms with E-state index in [9.17, 15) is 9.59 Å². The molecule has 1 unspecified atom stereocenters. The van der Waals surface area contributed by atoms with E-state index >= 15 is 4.39 Å². The summed E-state index contributed by atoms with van der Waals surface area (Å²) in [5.74, 6) is -1.71. The average molecular weight is 488 g/mol. The van der Waals surface area contributed by atoms with E-state index in [0.717, 1.165) is 16.5 Å². The van der Waals surface area contributed by atoms with Gasteiger partial charge in [-0.3, -0.25) is 14.6 Å². The SMILES string of the molecule is O=C(NC(Cc1c[nH]c2ccccc12)C(=O)Nc1ccncc1)c1ccc(N2CCOCC2)cc1F. The molecule has 1 saturated heterocycles. The predicted octanol–water partition coefficient (Wildman–Crippen LogP) is 3.52. The summed E-state index contributed by atoms with van der Waals surface area (Å²) in [5, 5.41) is 6.51. The highest BCUT2D eigenvalue weighted by Crippen LogP contribution is 2.22. The molecule has 0 aliphatic carbocycles. The Kier molecular flexibility index (Phi) is 6.90. The Morgan fingerprint density at radius 3 is 2.64 bits per heavy atom. The van der Waals surface area contributed by atoms with Crippen molar-refractivity contribution in [1.29, 1.82) is 0 Å². The van der Waals surface area contributed by atoms with Crippen molar-refractivity contribution in [3.63, 3.8) is 0 Å². The minimum Gasteiger partial charge on any atom is -0.378 e. The third-order valence-corrected chi connectivity index (χ3v) is 6.24. The zero-order valence-electron chi connectivity index (χ0n) is 19.5. The lowest BCUT2D eigenvalue weighted by molar-refractivity contribution is -0.118. The van der Waals surface area contributed by atoms with E-state index in [-0.39, 0.29) is 12.0 Å². The minimum atomic E-state index is -0.941. The molecule has 36 heavy (non-hydrogen) atoms. The van der Waals surface area contributed by atoms with Crippen LogP contribution in [0.2, 0.25) is 0 Å². The van der Waals surface area contributed by atoms with Crippen LogP contribution in [0.4, 0.5) is 15.8 Å². The first-order valence-electron chi connectivity index (χ1n) is 11.8. The van der Waals surface area contributed by atoms with Gasteiger partial charge in [-0.25, -0.2) is 4.39 Å². The normalized spacial score (nSPS) is 14.4. The molecule has 3 heterocycles. The van der Waals surface area contributed by atoms with Crippen LogP contribution in [0, 0.1) is 5.82 Å². The fraction of sp³-hybridized carbons (Fsp3) is 0.222. The highest BCUT2D eigenvalue weighted by molar-refractivity contribution is 6.02. The van der Waals surface area contributed by atoms with E-state index in [0.29, 0.717) is 37.7 Å². The number of amides is 2. The Labute approximate surface area is 207 Å². The van der Waals surface area contributed by atoms with Crippen molar-refractivity contribution < 1.29 is 18.7 Å². The number of benzene rings is 2. The molecule has 4 aromatic rings. The Morgan fingerprint density at radius 1 is 1.08 bits per heavy atom. The van der Waals surface area contributed by atoms with Crippen LogP contribution in [0.25, 0.3) is 10.9 Å². The molecular weight excluding hydrogens is 461 g/mol. The fourth-order valence-corrected chi connectivity index (χ4v) is 4.34. The molecule has 0 saturated carbocycles. The number of aromatic nitrogens is 2. The first kappa shape index (κ1) is 23.5. The molecule has 1 atom stereocenters. The lowest BCUT2D eigenvalue weighted by atomic mass is 10.0. The van der Waals surface area contributed by atoms with Crippen molar-refractivity contribution in [1.82, 2.24) is 15.3 Å². The standard InChI is InChI=1S/C27H26FN5O3/c28-23-16-20(33-11-13-36-14-12-33)5-6-22(23)26(34)32-25(27(35)31-19-7-9-29-10-8-19)15-18-17-30-24-4-2-1-3-21(18)24/h1-10,16-17,25,30H,11-15H2,(H,32,34)(H,29,31,35). The molecule has 1 fully saturated rings. The van der Waals surface area contributed by atoms with Crippen LogP contribution in [-0.4, -0.2) is 54.1 Å². The third kappa shape index (κ3) is 5.21. The van der Waals surface area contributed by atoms with Gasteiger partial charge in [0.25, 0.3) is 5.91 Å². The number of nitrogens with zero attached hydrogens (tertiary/aromatic N) is 2. The second-order valence-electron chi connectivity index (χ2n) is 8.58. The number of carbonyl (C=O) groups excluding carboxylic acids is 2. The van der Waals surface area contributed by atoms with Crippen molar-refractivity contribution in [2.75, 3.05) is 36.5 Å². The molecule has 5 rings (SSSR count). The summed E-state index contributed by atoms with van der Waals surface area (Å²) in [5.41, 5.74) is 2.92. The van der Waals surface area contributed by atoms with Gasteiger partial charge in [0.1, 0.15) is 11.9 Å². The summed E-state index contributed by atoms with van der Waals surface area (Å²) < 4.78 is 20.4. The lowest BCUT2D eigenvalue weighted by Gasteiger charge is -2.29. The molecule has 9 heteroatoms. The quantitative estimate of drug-likeness (QED) is 0.371. The average Bonchev–Trinajstić information content (AvgIpc) is 3.32. The number of fused-ring (bicyclic) bond motifs is 1. The van der Waals surface area contributed by atoms with E-state index in [1.54, 1.807) is 30.6 Å². The lowest BCUT2D eigenvalue weighted by Crippen LogP contribution is -2.45. The van der Waals surface area contributed by atoms with Gasteiger partial charge in [-0.2, -0.15) is 0 Å². The monoisotopic (exact) mass is 487 g/mol. The Hall–Kier alpha value is -4.24. The van der Waals surface area contributed by atoms with Gasteiger partial charge in [-0.1, -0.05) is 18.2 Å². The maximum atomic E-state index is 15.0. The number of aromatic amines is 1. The molecule has 1 aliphatic rings. The van der Waals surface area contributed by atoms with Crippen LogP contribution in [0.15, 0.2) is 73.2 Å². The number of rotatable bonds is 7. The molecule has 2 aromatic heterocycles. The molecule has 0 spiro atoms. The maximum Gasteiger partial charge on any atom is 0.254 e. The number of hydrogen-bond donors (Lipinski definition) is 3. The summed E-state index contributed by atoms with van der Waals surface area (Å²) in [7, 11) is 0. The van der Waals surface area contributed by atoms with E-state index in [2.05, 4.69) is 20.6 Å². The number of para-hydroxylation sites is 1. The van der Waals surface area contributed by atoms with Crippen molar-refractivity contribution in [3.8, 4) is 0 Å². The first-order chi connectivity index (χ1) is 17.6. The number of morpholine rings is 1. The predicted molar refractivity (Wildman–Crippen MR) is 136 cm³/mol. The molecule has 2 aromatic carbocycles. The fourth-order valence-electron chi connectivity index (χ4n) is 4.34. The number of hydrogen-bond acceptors (Lipinski definition) is 5. The number of carbonyl (C=O) groups is 2. The number of nitrogens with one attached hydrogen (secondary N) is 3. The maximum absolute atomic E-state index is 15.0. The van der Waals surface area contributed by atoms with Crippen LogP contribution in [-0.2, 0) is 16.0 Å².